The van der Waals surface area contributed by atoms with Gasteiger partial charge in [0.1, 0.15) is 5.82 Å². The van der Waals surface area contributed by atoms with Crippen LogP contribution in [0.5, 0.6) is 0 Å². The van der Waals surface area contributed by atoms with Crippen LogP contribution < -0.4 is 5.73 Å². The Balaban J connectivity index is 2.15. The minimum absolute atomic E-state index is 0.0878. The lowest BCUT2D eigenvalue weighted by atomic mass is 9.85. The van der Waals surface area contributed by atoms with Crippen molar-refractivity contribution in [3.8, 4) is 0 Å². The van der Waals surface area contributed by atoms with E-state index >= 15 is 0 Å². The van der Waals surface area contributed by atoms with E-state index in [2.05, 4.69) is 13.8 Å². The van der Waals surface area contributed by atoms with Crippen molar-refractivity contribution in [1.29, 1.82) is 0 Å². The van der Waals surface area contributed by atoms with Crippen molar-refractivity contribution in [2.75, 3.05) is 18.8 Å². The van der Waals surface area contributed by atoms with E-state index < -0.39 is 5.82 Å². The summed E-state index contributed by atoms with van der Waals surface area (Å²) in [5, 5.41) is 0. The third-order valence-electron chi connectivity index (χ3n) is 3.87. The fourth-order valence-electron chi connectivity index (χ4n) is 2.52. The highest BCUT2D eigenvalue weighted by Crippen LogP contribution is 2.30. The molecule has 1 aliphatic rings. The molecule has 0 aromatic heterocycles. The maximum absolute atomic E-state index is 13.0. The van der Waals surface area contributed by atoms with Crippen LogP contribution in [0.3, 0.4) is 0 Å². The number of nitrogens with two attached hydrogens (primary N) is 1. The fraction of sp³-hybridized carbons (Fsp3) is 0.533. The van der Waals surface area contributed by atoms with Gasteiger partial charge in [-0.1, -0.05) is 13.8 Å². The van der Waals surface area contributed by atoms with Crippen LogP contribution in [-0.2, 0) is 0 Å². The zero-order chi connectivity index (χ0) is 14.0. The first-order chi connectivity index (χ1) is 8.89. The topological polar surface area (TPSA) is 46.3 Å². The highest BCUT2D eigenvalue weighted by molar-refractivity contribution is 5.99. The summed E-state index contributed by atoms with van der Waals surface area (Å²) < 4.78 is 13.0. The highest BCUT2D eigenvalue weighted by atomic mass is 19.1. The smallest absolute Gasteiger partial charge is 0.255 e. The van der Waals surface area contributed by atoms with Crippen LogP contribution in [0, 0.1) is 11.2 Å². The van der Waals surface area contributed by atoms with Gasteiger partial charge in [0.2, 0.25) is 0 Å². The first-order valence-electron chi connectivity index (χ1n) is 6.73. The molecule has 1 fully saturated rings. The van der Waals surface area contributed by atoms with Crippen LogP contribution in [0.15, 0.2) is 18.2 Å². The van der Waals surface area contributed by atoms with Crippen LogP contribution >= 0.6 is 0 Å². The van der Waals surface area contributed by atoms with E-state index in [-0.39, 0.29) is 17.0 Å². The maximum atomic E-state index is 13.0. The van der Waals surface area contributed by atoms with E-state index in [1.807, 2.05) is 4.90 Å². The van der Waals surface area contributed by atoms with Crippen molar-refractivity contribution >= 4 is 11.6 Å². The van der Waals surface area contributed by atoms with Gasteiger partial charge in [0, 0.05) is 18.8 Å². The Morgan fingerprint density at radius 2 is 2.05 bits per heavy atom. The molecule has 0 aliphatic carbocycles. The summed E-state index contributed by atoms with van der Waals surface area (Å²) in [7, 11) is 0. The van der Waals surface area contributed by atoms with Crippen LogP contribution in [0.1, 0.15) is 43.5 Å². The molecule has 1 aromatic carbocycles. The number of carbonyl (C=O) groups excluding carboxylic acids is 1. The molecule has 1 aliphatic heterocycles. The number of nitrogens with zero attached hydrogens (tertiary/aromatic N) is 1. The molecular formula is C15H21FN2O. The third-order valence-corrected chi connectivity index (χ3v) is 3.87. The van der Waals surface area contributed by atoms with E-state index in [1.165, 1.54) is 18.2 Å². The molecule has 0 unspecified atom stereocenters. The van der Waals surface area contributed by atoms with Crippen molar-refractivity contribution in [2.45, 2.75) is 33.1 Å². The lowest BCUT2D eigenvalue weighted by molar-refractivity contribution is 0.0758. The zero-order valence-corrected chi connectivity index (χ0v) is 11.6. The quantitative estimate of drug-likeness (QED) is 0.792. The summed E-state index contributed by atoms with van der Waals surface area (Å²) in [4.78, 5) is 14.3. The lowest BCUT2D eigenvalue weighted by Gasteiger charge is -2.23. The van der Waals surface area contributed by atoms with E-state index in [9.17, 15) is 9.18 Å². The normalized spacial score (nSPS) is 19.0. The third kappa shape index (κ3) is 3.25. The minimum atomic E-state index is -0.411. The van der Waals surface area contributed by atoms with Crippen molar-refractivity contribution in [1.82, 2.24) is 4.90 Å². The molecule has 0 radical (unpaired) electrons. The molecule has 1 heterocycles. The van der Waals surface area contributed by atoms with Crippen molar-refractivity contribution in [3.05, 3.63) is 29.6 Å². The molecule has 0 spiro atoms. The molecule has 2 N–H and O–H groups in total. The van der Waals surface area contributed by atoms with Gasteiger partial charge in [-0.25, -0.2) is 4.39 Å². The molecule has 2 rings (SSSR count). The molecule has 1 amide bonds. The van der Waals surface area contributed by atoms with E-state index in [4.69, 9.17) is 5.73 Å². The van der Waals surface area contributed by atoms with Gasteiger partial charge in [0.25, 0.3) is 5.91 Å². The summed E-state index contributed by atoms with van der Waals surface area (Å²) in [5.74, 6) is -0.499. The number of likely N-dealkylation sites (tertiary alicyclic amines) is 1. The Labute approximate surface area is 113 Å². The second kappa shape index (κ2) is 5.19. The molecule has 3 nitrogen and oxygen atoms in total. The standard InChI is InChI=1S/C15H21FN2O/c1-15(2)6-3-8-18(9-7-15)14(19)12-5-4-11(16)10-13(12)17/h4-5,10H,3,6-9,17H2,1-2H3. The van der Waals surface area contributed by atoms with Gasteiger partial charge in [-0.15, -0.1) is 0 Å². The van der Waals surface area contributed by atoms with E-state index in [0.29, 0.717) is 5.56 Å². The Morgan fingerprint density at radius 1 is 1.32 bits per heavy atom. The molecule has 104 valence electrons. The molecule has 0 saturated carbocycles. The van der Waals surface area contributed by atoms with Crippen molar-refractivity contribution in [2.24, 2.45) is 5.41 Å². The van der Waals surface area contributed by atoms with Gasteiger partial charge in [0.05, 0.1) is 5.56 Å². The van der Waals surface area contributed by atoms with Gasteiger partial charge in [-0.3, -0.25) is 4.79 Å². The second-order valence-electron chi connectivity index (χ2n) is 6.04. The number of rotatable bonds is 1. The molecule has 19 heavy (non-hydrogen) atoms. The molecule has 1 saturated heterocycles. The average Bonchev–Trinajstić information content (AvgIpc) is 2.49. The summed E-state index contributed by atoms with van der Waals surface area (Å²) >= 11 is 0. The van der Waals surface area contributed by atoms with E-state index in [0.717, 1.165) is 32.4 Å². The molecular weight excluding hydrogens is 243 g/mol. The number of nitrogen functional groups attached to an aromatic ring is 1. The van der Waals surface area contributed by atoms with Gasteiger partial charge in [0.15, 0.2) is 0 Å². The summed E-state index contributed by atoms with van der Waals surface area (Å²) in [6.07, 6.45) is 3.11. The van der Waals surface area contributed by atoms with Gasteiger partial charge in [-0.2, -0.15) is 0 Å². The predicted molar refractivity (Wildman–Crippen MR) is 74.3 cm³/mol. The molecule has 0 atom stereocenters. The van der Waals surface area contributed by atoms with Crippen LogP contribution in [0.4, 0.5) is 10.1 Å². The minimum Gasteiger partial charge on any atom is -0.398 e. The van der Waals surface area contributed by atoms with Gasteiger partial charge >= 0.3 is 0 Å². The molecule has 1 aromatic rings. The van der Waals surface area contributed by atoms with Crippen molar-refractivity contribution in [3.63, 3.8) is 0 Å². The Bertz CT molecular complexity index is 485. The SMILES string of the molecule is CC1(C)CCCN(C(=O)c2ccc(F)cc2N)CC1. The summed E-state index contributed by atoms with van der Waals surface area (Å²) in [6, 6.07) is 3.96. The Morgan fingerprint density at radius 3 is 2.74 bits per heavy atom. The van der Waals surface area contributed by atoms with Gasteiger partial charge < -0.3 is 10.6 Å². The van der Waals surface area contributed by atoms with Crippen molar-refractivity contribution < 1.29 is 9.18 Å². The fourth-order valence-corrected chi connectivity index (χ4v) is 2.52. The number of amides is 1. The number of hydrogen-bond acceptors (Lipinski definition) is 2. The summed E-state index contributed by atoms with van der Waals surface area (Å²) in [5.41, 5.74) is 6.63. The van der Waals surface area contributed by atoms with Crippen LogP contribution in [0.2, 0.25) is 0 Å². The largest absolute Gasteiger partial charge is 0.398 e. The first kappa shape index (κ1) is 13.8. The van der Waals surface area contributed by atoms with Crippen LogP contribution in [0.25, 0.3) is 0 Å². The predicted octanol–water partition coefficient (Wildman–Crippen LogP) is 3.06. The molecule has 0 bridgehead atoms. The second-order valence-corrected chi connectivity index (χ2v) is 6.04. The van der Waals surface area contributed by atoms with Crippen LogP contribution in [-0.4, -0.2) is 23.9 Å². The zero-order valence-electron chi connectivity index (χ0n) is 11.6. The monoisotopic (exact) mass is 264 g/mol. The number of carbonyl (C=O) groups is 1. The van der Waals surface area contributed by atoms with E-state index in [1.54, 1.807) is 0 Å². The number of hydrogen-bond donors (Lipinski definition) is 1. The number of halogens is 1. The number of benzene rings is 1. The Hall–Kier alpha value is -1.58. The first-order valence-corrected chi connectivity index (χ1v) is 6.73. The number of anilines is 1. The highest BCUT2D eigenvalue weighted by Gasteiger charge is 2.26. The average molecular weight is 264 g/mol. The maximum Gasteiger partial charge on any atom is 0.255 e. The molecule has 4 heteroatoms. The van der Waals surface area contributed by atoms with Gasteiger partial charge in [-0.05, 0) is 42.9 Å². The summed E-state index contributed by atoms with van der Waals surface area (Å²) in [6.45, 7) is 5.95. The lowest BCUT2D eigenvalue weighted by Crippen LogP contribution is -2.32. The Kier molecular flexibility index (Phi) is 3.78.